The van der Waals surface area contributed by atoms with E-state index < -0.39 is 12.1 Å². The molecule has 4 rings (SSSR count). The van der Waals surface area contributed by atoms with Crippen molar-refractivity contribution in [3.63, 3.8) is 0 Å². The van der Waals surface area contributed by atoms with Crippen LogP contribution in [0.5, 0.6) is 0 Å². The molecule has 0 saturated carbocycles. The van der Waals surface area contributed by atoms with Crippen LogP contribution >= 0.6 is 11.6 Å². The maximum absolute atomic E-state index is 12.3. The first-order chi connectivity index (χ1) is 16.1. The first-order valence-corrected chi connectivity index (χ1v) is 10.7. The van der Waals surface area contributed by atoms with Gasteiger partial charge < -0.3 is 15.3 Å². The summed E-state index contributed by atoms with van der Waals surface area (Å²) < 4.78 is 33.4. The minimum Gasteiger partial charge on any atom is -0.475 e. The van der Waals surface area contributed by atoms with E-state index in [1.54, 1.807) is 16.8 Å². The largest absolute Gasteiger partial charge is 0.490 e. The van der Waals surface area contributed by atoms with E-state index in [4.69, 9.17) is 21.5 Å². The Morgan fingerprint density at radius 3 is 2.44 bits per heavy atom. The number of carbonyl (C=O) groups is 2. The van der Waals surface area contributed by atoms with Crippen molar-refractivity contribution >= 4 is 34.9 Å². The van der Waals surface area contributed by atoms with Crippen LogP contribution in [0, 0.1) is 5.92 Å². The number of pyridine rings is 1. The Kier molecular flexibility index (Phi) is 8.26. The Morgan fingerprint density at radius 1 is 1.18 bits per heavy atom. The van der Waals surface area contributed by atoms with E-state index >= 15 is 0 Å². The third kappa shape index (κ3) is 7.04. The third-order valence-electron chi connectivity index (χ3n) is 5.23. The van der Waals surface area contributed by atoms with Gasteiger partial charge in [-0.2, -0.15) is 13.2 Å². The standard InChI is InChI=1S/C19H21ClN6O.C2HF3O2/c20-15-11-23-19-24-17(13-26(19)12-15)18(27)22-8-1-14-4-9-25(10-5-14)16-2-6-21-7-3-16;3-2(4,5)1(6)7/h2-3,6-7,11-14H,1,4-5,8-10H2,(H,22,27);(H,6,7). The second-order valence-electron chi connectivity index (χ2n) is 7.59. The monoisotopic (exact) mass is 498 g/mol. The van der Waals surface area contributed by atoms with Gasteiger partial charge in [-0.25, -0.2) is 14.8 Å². The third-order valence-corrected chi connectivity index (χ3v) is 5.43. The number of carbonyl (C=O) groups excluding carboxylic acids is 1. The molecule has 1 saturated heterocycles. The number of hydrogen-bond donors (Lipinski definition) is 2. The molecule has 1 fully saturated rings. The molecule has 1 aliphatic heterocycles. The number of fused-ring (bicyclic) bond motifs is 1. The summed E-state index contributed by atoms with van der Waals surface area (Å²) >= 11 is 5.91. The topological polar surface area (TPSA) is 113 Å². The van der Waals surface area contributed by atoms with Crippen molar-refractivity contribution in [2.24, 2.45) is 5.92 Å². The van der Waals surface area contributed by atoms with E-state index in [9.17, 15) is 18.0 Å². The van der Waals surface area contributed by atoms with Gasteiger partial charge in [0.15, 0.2) is 0 Å². The maximum Gasteiger partial charge on any atom is 0.490 e. The number of carboxylic acid groups (broad SMARTS) is 1. The fraction of sp³-hybridized carbons (Fsp3) is 0.381. The van der Waals surface area contributed by atoms with Crippen LogP contribution in [-0.2, 0) is 4.79 Å². The number of alkyl halides is 3. The molecule has 0 radical (unpaired) electrons. The summed E-state index contributed by atoms with van der Waals surface area (Å²) in [6, 6.07) is 4.11. The number of piperidine rings is 1. The molecule has 0 bridgehead atoms. The normalized spacial score (nSPS) is 14.4. The SMILES string of the molecule is O=C(NCCC1CCN(c2ccncc2)CC1)c1cn2cc(Cl)cnc2n1.O=C(O)C(F)(F)F. The number of rotatable bonds is 5. The highest BCUT2D eigenvalue weighted by Crippen LogP contribution is 2.24. The quantitative estimate of drug-likeness (QED) is 0.554. The molecule has 1 aliphatic rings. The number of carboxylic acids is 1. The van der Waals surface area contributed by atoms with Gasteiger partial charge in [0, 0.05) is 50.1 Å². The number of anilines is 1. The van der Waals surface area contributed by atoms with E-state index in [2.05, 4.69) is 37.3 Å². The molecule has 0 spiro atoms. The lowest BCUT2D eigenvalue weighted by Gasteiger charge is -2.33. The Morgan fingerprint density at radius 2 is 1.82 bits per heavy atom. The fourth-order valence-corrected chi connectivity index (χ4v) is 3.64. The van der Waals surface area contributed by atoms with Crippen LogP contribution in [0.4, 0.5) is 18.9 Å². The van der Waals surface area contributed by atoms with Crippen molar-refractivity contribution < 1.29 is 27.9 Å². The molecular formula is C21H22ClF3N6O3. The average Bonchev–Trinajstić information content (AvgIpc) is 3.23. The van der Waals surface area contributed by atoms with Crippen molar-refractivity contribution in [2.45, 2.75) is 25.4 Å². The zero-order valence-corrected chi connectivity index (χ0v) is 18.6. The second kappa shape index (κ2) is 11.1. The predicted octanol–water partition coefficient (Wildman–Crippen LogP) is 3.45. The second-order valence-corrected chi connectivity index (χ2v) is 8.03. The molecule has 3 aromatic rings. The van der Waals surface area contributed by atoms with Crippen LogP contribution in [0.3, 0.4) is 0 Å². The molecule has 0 aromatic carbocycles. The number of imidazole rings is 1. The summed E-state index contributed by atoms with van der Waals surface area (Å²) in [5.41, 5.74) is 1.59. The van der Waals surface area contributed by atoms with Gasteiger partial charge in [-0.3, -0.25) is 14.2 Å². The number of aromatic nitrogens is 4. The van der Waals surface area contributed by atoms with Crippen molar-refractivity contribution in [3.05, 3.63) is 53.8 Å². The number of nitrogens with one attached hydrogen (secondary N) is 1. The summed E-state index contributed by atoms with van der Waals surface area (Å²) in [4.78, 5) is 36.0. The average molecular weight is 499 g/mol. The minimum absolute atomic E-state index is 0.175. The zero-order chi connectivity index (χ0) is 24.7. The number of halogens is 4. The number of hydrogen-bond acceptors (Lipinski definition) is 6. The summed E-state index contributed by atoms with van der Waals surface area (Å²) in [5.74, 6) is -1.84. The van der Waals surface area contributed by atoms with Gasteiger partial charge in [-0.1, -0.05) is 11.6 Å². The van der Waals surface area contributed by atoms with Crippen LogP contribution in [-0.4, -0.2) is 62.1 Å². The summed E-state index contributed by atoms with van der Waals surface area (Å²) in [6.07, 6.45) is 6.68. The predicted molar refractivity (Wildman–Crippen MR) is 118 cm³/mol. The van der Waals surface area contributed by atoms with Gasteiger partial charge in [0.1, 0.15) is 5.69 Å². The van der Waals surface area contributed by atoms with Gasteiger partial charge in [0.25, 0.3) is 5.91 Å². The molecule has 34 heavy (non-hydrogen) atoms. The first kappa shape index (κ1) is 25.2. The summed E-state index contributed by atoms with van der Waals surface area (Å²) in [5, 5.41) is 10.6. The van der Waals surface area contributed by atoms with Crippen LogP contribution in [0.25, 0.3) is 5.78 Å². The van der Waals surface area contributed by atoms with Crippen molar-refractivity contribution in [3.8, 4) is 0 Å². The van der Waals surface area contributed by atoms with Crippen LogP contribution < -0.4 is 10.2 Å². The van der Waals surface area contributed by atoms with Crippen molar-refractivity contribution in [1.82, 2.24) is 24.7 Å². The molecule has 4 heterocycles. The fourth-order valence-electron chi connectivity index (χ4n) is 3.48. The smallest absolute Gasteiger partial charge is 0.475 e. The van der Waals surface area contributed by atoms with Gasteiger partial charge in [-0.05, 0) is 37.3 Å². The molecule has 0 atom stereocenters. The van der Waals surface area contributed by atoms with E-state index in [0.717, 1.165) is 32.4 Å². The highest BCUT2D eigenvalue weighted by molar-refractivity contribution is 6.30. The lowest BCUT2D eigenvalue weighted by atomic mass is 9.93. The molecule has 1 amide bonds. The number of amides is 1. The minimum atomic E-state index is -5.08. The van der Waals surface area contributed by atoms with Crippen LogP contribution in [0.2, 0.25) is 5.02 Å². The Bertz CT molecular complexity index is 1120. The van der Waals surface area contributed by atoms with Gasteiger partial charge >= 0.3 is 12.1 Å². The Labute approximate surface area is 197 Å². The summed E-state index contributed by atoms with van der Waals surface area (Å²) in [6.45, 7) is 2.74. The van der Waals surface area contributed by atoms with Crippen LogP contribution in [0.15, 0.2) is 43.1 Å². The molecule has 182 valence electrons. The van der Waals surface area contributed by atoms with E-state index in [0.29, 0.717) is 29.0 Å². The Balaban J connectivity index is 0.000000406. The summed E-state index contributed by atoms with van der Waals surface area (Å²) in [7, 11) is 0. The van der Waals surface area contributed by atoms with Crippen molar-refractivity contribution in [2.75, 3.05) is 24.5 Å². The van der Waals surface area contributed by atoms with Crippen molar-refractivity contribution in [1.29, 1.82) is 0 Å². The zero-order valence-electron chi connectivity index (χ0n) is 17.9. The first-order valence-electron chi connectivity index (χ1n) is 10.4. The highest BCUT2D eigenvalue weighted by atomic mass is 35.5. The number of nitrogens with zero attached hydrogens (tertiary/aromatic N) is 5. The molecule has 3 aromatic heterocycles. The van der Waals surface area contributed by atoms with E-state index in [1.807, 2.05) is 12.4 Å². The Hall–Kier alpha value is -3.41. The van der Waals surface area contributed by atoms with E-state index in [-0.39, 0.29) is 5.91 Å². The molecule has 2 N–H and O–H groups in total. The van der Waals surface area contributed by atoms with Gasteiger partial charge in [0.2, 0.25) is 5.78 Å². The highest BCUT2D eigenvalue weighted by Gasteiger charge is 2.38. The molecule has 9 nitrogen and oxygen atoms in total. The lowest BCUT2D eigenvalue weighted by Crippen LogP contribution is -2.35. The van der Waals surface area contributed by atoms with E-state index in [1.165, 1.54) is 11.9 Å². The molecule has 0 unspecified atom stereocenters. The molecular weight excluding hydrogens is 477 g/mol. The maximum atomic E-state index is 12.3. The molecule has 13 heteroatoms. The lowest BCUT2D eigenvalue weighted by molar-refractivity contribution is -0.192. The van der Waals surface area contributed by atoms with Gasteiger partial charge in [-0.15, -0.1) is 0 Å². The van der Waals surface area contributed by atoms with Crippen LogP contribution in [0.1, 0.15) is 29.8 Å². The number of aliphatic carboxylic acids is 1. The molecule has 0 aliphatic carbocycles. The van der Waals surface area contributed by atoms with Gasteiger partial charge in [0.05, 0.1) is 11.2 Å².